The lowest BCUT2D eigenvalue weighted by Gasteiger charge is -2.22. The summed E-state index contributed by atoms with van der Waals surface area (Å²) < 4.78 is 4.89. The second-order valence-electron chi connectivity index (χ2n) is 6.53. The highest BCUT2D eigenvalue weighted by Gasteiger charge is 2.43. The zero-order valence-corrected chi connectivity index (χ0v) is 14.2. The van der Waals surface area contributed by atoms with Crippen LogP contribution in [0, 0.1) is 17.2 Å². The summed E-state index contributed by atoms with van der Waals surface area (Å²) >= 11 is 0. The number of benzene rings is 1. The van der Waals surface area contributed by atoms with Crippen LogP contribution in [0.3, 0.4) is 0 Å². The summed E-state index contributed by atoms with van der Waals surface area (Å²) in [5, 5.41) is 11.8. The van der Waals surface area contributed by atoms with Crippen molar-refractivity contribution in [3.05, 3.63) is 29.8 Å². The van der Waals surface area contributed by atoms with Crippen molar-refractivity contribution in [2.75, 3.05) is 18.1 Å². The first-order chi connectivity index (χ1) is 12.4. The van der Waals surface area contributed by atoms with Gasteiger partial charge in [0.25, 0.3) is 17.6 Å². The van der Waals surface area contributed by atoms with Crippen LogP contribution >= 0.6 is 0 Å². The van der Waals surface area contributed by atoms with Gasteiger partial charge in [0.2, 0.25) is 0 Å². The molecule has 26 heavy (non-hydrogen) atoms. The van der Waals surface area contributed by atoms with Crippen molar-refractivity contribution in [3.8, 4) is 6.07 Å². The Morgan fingerprint density at radius 2 is 2.04 bits per heavy atom. The van der Waals surface area contributed by atoms with Crippen LogP contribution in [0.25, 0.3) is 0 Å². The number of hydrogen-bond acceptors (Lipinski definition) is 6. The molecular formula is C18H17N3O5. The number of ketones is 1. The average molecular weight is 355 g/mol. The molecule has 1 N–H and O–H groups in total. The molecule has 0 saturated heterocycles. The zero-order valence-electron chi connectivity index (χ0n) is 14.2. The van der Waals surface area contributed by atoms with E-state index in [9.17, 15) is 24.4 Å². The molecule has 1 atom stereocenters. The largest absolute Gasteiger partial charge is 0.454 e. The fourth-order valence-corrected chi connectivity index (χ4v) is 2.93. The van der Waals surface area contributed by atoms with Gasteiger partial charge in [-0.15, -0.1) is 0 Å². The molecule has 2 amide bonds. The normalized spacial score (nSPS) is 17.9. The van der Waals surface area contributed by atoms with E-state index in [0.717, 1.165) is 17.7 Å². The first-order valence-electron chi connectivity index (χ1n) is 8.19. The second-order valence-corrected chi connectivity index (χ2v) is 6.53. The van der Waals surface area contributed by atoms with Gasteiger partial charge in [0, 0.05) is 0 Å². The maximum absolute atomic E-state index is 12.0. The fraction of sp³-hybridized carbons (Fsp3) is 0.389. The third kappa shape index (κ3) is 3.28. The lowest BCUT2D eigenvalue weighted by atomic mass is 9.98. The number of carbonyl (C=O) groups excluding carboxylic acids is 4. The van der Waals surface area contributed by atoms with Crippen LogP contribution in [0.5, 0.6) is 0 Å². The average Bonchev–Trinajstić information content (AvgIpc) is 3.46. The van der Waals surface area contributed by atoms with Gasteiger partial charge in [0.15, 0.2) is 6.61 Å². The molecular weight excluding hydrogens is 338 g/mol. The number of carbonyl (C=O) groups is 4. The quantitative estimate of drug-likeness (QED) is 0.589. The van der Waals surface area contributed by atoms with Gasteiger partial charge in [0.05, 0.1) is 17.3 Å². The minimum absolute atomic E-state index is 0.108. The third-order valence-corrected chi connectivity index (χ3v) is 4.56. The Morgan fingerprint density at radius 3 is 2.69 bits per heavy atom. The van der Waals surface area contributed by atoms with Gasteiger partial charge in [-0.05, 0) is 37.8 Å². The summed E-state index contributed by atoms with van der Waals surface area (Å²) in [6.07, 6.45) is 1.74. The van der Waals surface area contributed by atoms with E-state index in [0.29, 0.717) is 5.69 Å². The first kappa shape index (κ1) is 17.6. The number of ether oxygens (including phenoxy) is 1. The Bertz CT molecular complexity index is 839. The molecule has 0 spiro atoms. The van der Waals surface area contributed by atoms with Gasteiger partial charge in [-0.3, -0.25) is 24.1 Å². The fourth-order valence-electron chi connectivity index (χ4n) is 2.93. The number of hydrogen-bond donors (Lipinski definition) is 1. The van der Waals surface area contributed by atoms with Crippen LogP contribution in [0.2, 0.25) is 0 Å². The molecule has 0 unspecified atom stereocenters. The standard InChI is InChI=1S/C18H17N3O5/c1-18(10-19,11-6-7-11)20-14(22)9-26-15(23)8-21-13-5-3-2-4-12(13)16(24)17(21)25/h2-5,11H,6-9H2,1H3,(H,20,22)/t18-/m0/s1. The maximum atomic E-state index is 12.0. The second kappa shape index (κ2) is 6.59. The van der Waals surface area contributed by atoms with Gasteiger partial charge >= 0.3 is 5.97 Å². The molecule has 8 heteroatoms. The summed E-state index contributed by atoms with van der Waals surface area (Å²) in [5.41, 5.74) is -0.397. The van der Waals surface area contributed by atoms with Crippen molar-refractivity contribution in [2.24, 2.45) is 5.92 Å². The zero-order chi connectivity index (χ0) is 18.9. The van der Waals surface area contributed by atoms with E-state index in [1.54, 1.807) is 25.1 Å². The van der Waals surface area contributed by atoms with Crippen molar-refractivity contribution in [2.45, 2.75) is 25.3 Å². The number of rotatable bonds is 6. The first-order valence-corrected chi connectivity index (χ1v) is 8.19. The summed E-state index contributed by atoms with van der Waals surface area (Å²) in [6.45, 7) is 0.614. The van der Waals surface area contributed by atoms with Crippen molar-refractivity contribution in [3.63, 3.8) is 0 Å². The maximum Gasteiger partial charge on any atom is 0.326 e. The van der Waals surface area contributed by atoms with E-state index in [1.165, 1.54) is 6.07 Å². The molecule has 1 aliphatic heterocycles. The summed E-state index contributed by atoms with van der Waals surface area (Å²) in [4.78, 5) is 48.8. The predicted molar refractivity (Wildman–Crippen MR) is 89.0 cm³/mol. The highest BCUT2D eigenvalue weighted by atomic mass is 16.5. The van der Waals surface area contributed by atoms with Crippen molar-refractivity contribution >= 4 is 29.3 Å². The van der Waals surface area contributed by atoms with E-state index in [-0.39, 0.29) is 11.5 Å². The summed E-state index contributed by atoms with van der Waals surface area (Å²) in [7, 11) is 0. The van der Waals surface area contributed by atoms with Crippen molar-refractivity contribution in [1.82, 2.24) is 5.32 Å². The van der Waals surface area contributed by atoms with E-state index in [2.05, 4.69) is 11.4 Å². The van der Waals surface area contributed by atoms with Gasteiger partial charge in [-0.2, -0.15) is 5.26 Å². The molecule has 1 fully saturated rings. The number of nitrogens with zero attached hydrogens (tertiary/aromatic N) is 2. The highest BCUT2D eigenvalue weighted by molar-refractivity contribution is 6.52. The van der Waals surface area contributed by atoms with Gasteiger partial charge in [-0.25, -0.2) is 0 Å². The van der Waals surface area contributed by atoms with E-state index in [4.69, 9.17) is 4.74 Å². The number of Topliss-reactive ketones (excluding diaryl/α,β-unsaturated/α-hetero) is 1. The molecule has 0 radical (unpaired) electrons. The highest BCUT2D eigenvalue weighted by Crippen LogP contribution is 2.39. The van der Waals surface area contributed by atoms with Gasteiger partial charge in [-0.1, -0.05) is 12.1 Å². The monoisotopic (exact) mass is 355 g/mol. The Balaban J connectivity index is 1.55. The smallest absolute Gasteiger partial charge is 0.326 e. The number of anilines is 1. The lowest BCUT2D eigenvalue weighted by Crippen LogP contribution is -2.48. The Labute approximate surface area is 149 Å². The van der Waals surface area contributed by atoms with E-state index < -0.39 is 42.3 Å². The molecule has 134 valence electrons. The minimum atomic E-state index is -0.972. The molecule has 3 rings (SSSR count). The Kier molecular flexibility index (Phi) is 4.47. The number of para-hydroxylation sites is 1. The minimum Gasteiger partial charge on any atom is -0.454 e. The Morgan fingerprint density at radius 1 is 1.35 bits per heavy atom. The molecule has 0 bridgehead atoms. The molecule has 1 saturated carbocycles. The van der Waals surface area contributed by atoms with Crippen LogP contribution in [0.1, 0.15) is 30.1 Å². The molecule has 0 aromatic heterocycles. The Hall–Kier alpha value is -3.21. The summed E-state index contributed by atoms with van der Waals surface area (Å²) in [5.74, 6) is -2.78. The molecule has 1 aromatic carbocycles. The summed E-state index contributed by atoms with van der Waals surface area (Å²) in [6, 6.07) is 8.42. The van der Waals surface area contributed by atoms with Crippen molar-refractivity contribution in [1.29, 1.82) is 5.26 Å². The van der Waals surface area contributed by atoms with Crippen LogP contribution < -0.4 is 10.2 Å². The number of fused-ring (bicyclic) bond motifs is 1. The SMILES string of the molecule is C[C@@](C#N)(NC(=O)COC(=O)CN1C(=O)C(=O)c2ccccc21)C1CC1. The molecule has 8 nitrogen and oxygen atoms in total. The van der Waals surface area contributed by atoms with Crippen molar-refractivity contribution < 1.29 is 23.9 Å². The number of amides is 2. The molecule has 1 heterocycles. The van der Waals surface area contributed by atoms with Crippen LogP contribution in [0.15, 0.2) is 24.3 Å². The number of nitrogens with one attached hydrogen (secondary N) is 1. The third-order valence-electron chi connectivity index (χ3n) is 4.56. The van der Waals surface area contributed by atoms with Crippen LogP contribution in [0.4, 0.5) is 5.69 Å². The van der Waals surface area contributed by atoms with E-state index in [1.807, 2.05) is 0 Å². The predicted octanol–water partition coefficient (Wildman–Crippen LogP) is 0.568. The lowest BCUT2D eigenvalue weighted by molar-refractivity contribution is -0.147. The van der Waals surface area contributed by atoms with E-state index >= 15 is 0 Å². The topological polar surface area (TPSA) is 117 Å². The van der Waals surface area contributed by atoms with Gasteiger partial charge in [0.1, 0.15) is 12.1 Å². The van der Waals surface area contributed by atoms with Gasteiger partial charge < -0.3 is 10.1 Å². The molecule has 2 aliphatic rings. The van der Waals surface area contributed by atoms with Crippen LogP contribution in [-0.4, -0.2) is 42.3 Å². The molecule has 1 aromatic rings. The number of nitriles is 1. The number of esters is 1. The molecule has 1 aliphatic carbocycles. The van der Waals surface area contributed by atoms with Crippen LogP contribution in [-0.2, 0) is 19.1 Å².